The number of aromatic amines is 1. The largest absolute Gasteiger partial charge is 0.339 e. The van der Waals surface area contributed by atoms with E-state index in [0.29, 0.717) is 22.8 Å². The van der Waals surface area contributed by atoms with E-state index < -0.39 is 10.0 Å². The van der Waals surface area contributed by atoms with E-state index >= 15 is 0 Å². The Kier molecular flexibility index (Phi) is 4.64. The zero-order chi connectivity index (χ0) is 18.0. The Morgan fingerprint density at radius 2 is 1.96 bits per heavy atom. The number of nitrogens with zero attached hydrogens (tertiary/aromatic N) is 3. The lowest BCUT2D eigenvalue weighted by atomic mass is 10.2. The van der Waals surface area contributed by atoms with E-state index in [4.69, 9.17) is 4.52 Å². The number of hydrogen-bond donors (Lipinski definition) is 2. The van der Waals surface area contributed by atoms with Crippen molar-refractivity contribution in [2.45, 2.75) is 25.2 Å². The molecule has 0 aliphatic carbocycles. The molecule has 0 unspecified atom stereocenters. The maximum Gasteiger partial charge on any atom is 0.244 e. The summed E-state index contributed by atoms with van der Waals surface area (Å²) in [7, 11) is -3.67. The van der Waals surface area contributed by atoms with Crippen molar-refractivity contribution < 1.29 is 17.3 Å². The number of hydrogen-bond acceptors (Lipinski definition) is 6. The predicted molar refractivity (Wildman–Crippen MR) is 86.6 cm³/mol. The minimum Gasteiger partial charge on any atom is -0.339 e. The van der Waals surface area contributed by atoms with Crippen LogP contribution in [0.4, 0.5) is 4.39 Å². The van der Waals surface area contributed by atoms with Crippen molar-refractivity contribution in [2.75, 3.05) is 6.54 Å². The van der Waals surface area contributed by atoms with Gasteiger partial charge in [-0.25, -0.2) is 17.5 Å². The highest BCUT2D eigenvalue weighted by Gasteiger charge is 2.22. The summed E-state index contributed by atoms with van der Waals surface area (Å²) in [6.07, 6.45) is 0.226. The van der Waals surface area contributed by atoms with E-state index in [9.17, 15) is 12.8 Å². The van der Waals surface area contributed by atoms with Gasteiger partial charge in [0.1, 0.15) is 10.7 Å². The Labute approximate surface area is 143 Å². The highest BCUT2D eigenvalue weighted by molar-refractivity contribution is 7.89. The Bertz CT molecular complexity index is 960. The van der Waals surface area contributed by atoms with Gasteiger partial charge in [0.15, 0.2) is 0 Å². The molecule has 0 saturated heterocycles. The van der Waals surface area contributed by atoms with Crippen LogP contribution in [0.15, 0.2) is 33.7 Å². The average Bonchev–Trinajstić information content (AvgIpc) is 3.15. The third-order valence-electron chi connectivity index (χ3n) is 3.53. The van der Waals surface area contributed by atoms with E-state index in [1.165, 1.54) is 24.3 Å². The smallest absolute Gasteiger partial charge is 0.244 e. The van der Waals surface area contributed by atoms with Gasteiger partial charge in [0.2, 0.25) is 21.7 Å². The molecule has 0 bridgehead atoms. The minimum absolute atomic E-state index is 0.0947. The van der Waals surface area contributed by atoms with Crippen molar-refractivity contribution in [3.8, 4) is 11.4 Å². The zero-order valence-electron chi connectivity index (χ0n) is 13.6. The summed E-state index contributed by atoms with van der Waals surface area (Å²) in [6, 6.07) is 5.68. The van der Waals surface area contributed by atoms with Gasteiger partial charge in [0, 0.05) is 18.5 Å². The normalized spacial score (nSPS) is 11.8. The summed E-state index contributed by atoms with van der Waals surface area (Å²) in [5, 5.41) is 10.3. The van der Waals surface area contributed by atoms with Gasteiger partial charge < -0.3 is 4.52 Å². The molecule has 0 fully saturated rings. The summed E-state index contributed by atoms with van der Waals surface area (Å²) in [4.78, 5) is 4.32. The molecule has 1 aromatic carbocycles. The van der Waals surface area contributed by atoms with Crippen molar-refractivity contribution >= 4 is 10.0 Å². The van der Waals surface area contributed by atoms with Crippen LogP contribution in [0, 0.1) is 19.7 Å². The first kappa shape index (κ1) is 17.2. The second kappa shape index (κ2) is 6.73. The fourth-order valence-corrected chi connectivity index (χ4v) is 3.77. The SMILES string of the molecule is Cc1n[nH]c(C)c1S(=O)(=O)NCCc1nc(-c2ccc(F)cc2)no1. The summed E-state index contributed by atoms with van der Waals surface area (Å²) >= 11 is 0. The van der Waals surface area contributed by atoms with E-state index in [1.54, 1.807) is 13.8 Å². The van der Waals surface area contributed by atoms with Gasteiger partial charge in [-0.05, 0) is 38.1 Å². The van der Waals surface area contributed by atoms with Crippen LogP contribution in [-0.2, 0) is 16.4 Å². The number of aromatic nitrogens is 4. The molecule has 3 rings (SSSR count). The van der Waals surface area contributed by atoms with Crippen LogP contribution in [0.25, 0.3) is 11.4 Å². The first-order chi connectivity index (χ1) is 11.9. The molecule has 0 amide bonds. The molecular weight excluding hydrogens is 349 g/mol. The zero-order valence-corrected chi connectivity index (χ0v) is 14.4. The van der Waals surface area contributed by atoms with Crippen LogP contribution in [0.2, 0.25) is 0 Å². The molecule has 2 N–H and O–H groups in total. The van der Waals surface area contributed by atoms with Crippen LogP contribution in [0.5, 0.6) is 0 Å². The molecule has 3 aromatic rings. The van der Waals surface area contributed by atoms with Gasteiger partial charge in [-0.3, -0.25) is 5.10 Å². The van der Waals surface area contributed by atoms with Gasteiger partial charge in [-0.15, -0.1) is 0 Å². The van der Waals surface area contributed by atoms with Gasteiger partial charge in [-0.2, -0.15) is 10.1 Å². The second-order valence-electron chi connectivity index (χ2n) is 5.43. The fourth-order valence-electron chi connectivity index (χ4n) is 2.37. The van der Waals surface area contributed by atoms with Gasteiger partial charge >= 0.3 is 0 Å². The Morgan fingerprint density at radius 1 is 1.24 bits per heavy atom. The van der Waals surface area contributed by atoms with E-state index in [-0.39, 0.29) is 29.6 Å². The lowest BCUT2D eigenvalue weighted by molar-refractivity contribution is 0.379. The van der Waals surface area contributed by atoms with Crippen molar-refractivity contribution in [1.29, 1.82) is 0 Å². The van der Waals surface area contributed by atoms with Crippen molar-refractivity contribution in [3.05, 3.63) is 47.4 Å². The van der Waals surface area contributed by atoms with Crippen molar-refractivity contribution in [2.24, 2.45) is 0 Å². The third kappa shape index (κ3) is 3.74. The van der Waals surface area contributed by atoms with Crippen LogP contribution in [0.3, 0.4) is 0 Å². The van der Waals surface area contributed by atoms with Crippen molar-refractivity contribution in [3.63, 3.8) is 0 Å². The van der Waals surface area contributed by atoms with E-state index in [0.717, 1.165) is 0 Å². The number of nitrogens with one attached hydrogen (secondary N) is 2. The molecule has 8 nitrogen and oxygen atoms in total. The van der Waals surface area contributed by atoms with Gasteiger partial charge in [-0.1, -0.05) is 5.16 Å². The van der Waals surface area contributed by atoms with E-state index in [2.05, 4.69) is 25.1 Å². The first-order valence-electron chi connectivity index (χ1n) is 7.46. The Balaban J connectivity index is 1.64. The quantitative estimate of drug-likeness (QED) is 0.688. The maximum absolute atomic E-state index is 12.9. The number of halogens is 1. The molecule has 0 aliphatic heterocycles. The molecule has 0 saturated carbocycles. The molecule has 0 radical (unpaired) electrons. The monoisotopic (exact) mass is 365 g/mol. The van der Waals surface area contributed by atoms with Crippen LogP contribution < -0.4 is 4.72 Å². The van der Waals surface area contributed by atoms with Crippen LogP contribution in [0.1, 0.15) is 17.3 Å². The lowest BCUT2D eigenvalue weighted by Crippen LogP contribution is -2.27. The molecule has 0 atom stereocenters. The minimum atomic E-state index is -3.67. The molecule has 2 aromatic heterocycles. The lowest BCUT2D eigenvalue weighted by Gasteiger charge is -2.05. The van der Waals surface area contributed by atoms with Crippen molar-refractivity contribution in [1.82, 2.24) is 25.1 Å². The molecule has 10 heteroatoms. The fraction of sp³-hybridized carbons (Fsp3) is 0.267. The van der Waals surface area contributed by atoms with Gasteiger partial charge in [0.25, 0.3) is 0 Å². The summed E-state index contributed by atoms with van der Waals surface area (Å²) < 4.78 is 45.1. The maximum atomic E-state index is 12.9. The molecular formula is C15H16FN5O3S. The molecule has 25 heavy (non-hydrogen) atoms. The third-order valence-corrected chi connectivity index (χ3v) is 5.25. The molecule has 0 aliphatic rings. The number of rotatable bonds is 6. The standard InChI is InChI=1S/C15H16FN5O3S/c1-9-14(10(2)20-19-9)25(22,23)17-8-7-13-18-15(21-24-13)11-3-5-12(16)6-4-11/h3-6,17H,7-8H2,1-2H3,(H,19,20). The van der Waals surface area contributed by atoms with E-state index in [1.807, 2.05) is 0 Å². The van der Waals surface area contributed by atoms with Crippen LogP contribution in [-0.4, -0.2) is 35.3 Å². The second-order valence-corrected chi connectivity index (χ2v) is 7.13. The number of aryl methyl sites for hydroxylation is 2. The summed E-state index contributed by atoms with van der Waals surface area (Å²) in [5.41, 5.74) is 1.49. The molecule has 132 valence electrons. The van der Waals surface area contributed by atoms with Crippen LogP contribution >= 0.6 is 0 Å². The Hall–Kier alpha value is -2.59. The number of H-pyrrole nitrogens is 1. The Morgan fingerprint density at radius 3 is 2.60 bits per heavy atom. The first-order valence-corrected chi connectivity index (χ1v) is 8.95. The number of benzene rings is 1. The van der Waals surface area contributed by atoms with Gasteiger partial charge in [0.05, 0.1) is 11.4 Å². The number of sulfonamides is 1. The summed E-state index contributed by atoms with van der Waals surface area (Å²) in [5.74, 6) is 0.244. The predicted octanol–water partition coefficient (Wildman–Crippen LogP) is 1.74. The highest BCUT2D eigenvalue weighted by atomic mass is 32.2. The molecule has 0 spiro atoms. The molecule has 2 heterocycles. The average molecular weight is 365 g/mol. The summed E-state index contributed by atoms with van der Waals surface area (Å²) in [6.45, 7) is 3.35. The topological polar surface area (TPSA) is 114 Å². The highest BCUT2D eigenvalue weighted by Crippen LogP contribution is 2.17.